The maximum Gasteiger partial charge on any atom is 0.338 e. The molecule has 0 amide bonds. The molecule has 0 fully saturated rings. The standard InChI is InChI=1S/C15H13Cl2NO3/c1-2-20-11-5-3-10(4-6-11)15(19)21-9-13-12(16)7-8-14(17)18-13/h3-8H,2,9H2,1H3. The number of esters is 1. The smallest absolute Gasteiger partial charge is 0.338 e. The number of carbonyl (C=O) groups is 1. The number of rotatable bonds is 5. The van der Waals surface area contributed by atoms with Crippen molar-refractivity contribution in [2.75, 3.05) is 6.61 Å². The van der Waals surface area contributed by atoms with Gasteiger partial charge in [-0.15, -0.1) is 0 Å². The molecule has 1 aromatic carbocycles. The van der Waals surface area contributed by atoms with Crippen molar-refractivity contribution in [2.45, 2.75) is 13.5 Å². The lowest BCUT2D eigenvalue weighted by molar-refractivity contribution is 0.0468. The van der Waals surface area contributed by atoms with Crippen molar-refractivity contribution in [2.24, 2.45) is 0 Å². The van der Waals surface area contributed by atoms with E-state index in [0.717, 1.165) is 0 Å². The lowest BCUT2D eigenvalue weighted by Gasteiger charge is -2.07. The first-order valence-electron chi connectivity index (χ1n) is 6.31. The van der Waals surface area contributed by atoms with Crippen LogP contribution in [0.4, 0.5) is 0 Å². The fraction of sp³-hybridized carbons (Fsp3) is 0.200. The molecule has 1 heterocycles. The summed E-state index contributed by atoms with van der Waals surface area (Å²) in [5.41, 5.74) is 0.847. The number of halogens is 2. The summed E-state index contributed by atoms with van der Waals surface area (Å²) in [6.07, 6.45) is 0. The third-order valence-corrected chi connectivity index (χ3v) is 3.18. The van der Waals surface area contributed by atoms with Crippen molar-refractivity contribution in [3.05, 3.63) is 57.8 Å². The summed E-state index contributed by atoms with van der Waals surface area (Å²) in [7, 11) is 0. The Labute approximate surface area is 132 Å². The topological polar surface area (TPSA) is 48.4 Å². The fourth-order valence-corrected chi connectivity index (χ4v) is 1.95. The molecule has 2 aromatic rings. The third kappa shape index (κ3) is 4.34. The maximum absolute atomic E-state index is 11.9. The van der Waals surface area contributed by atoms with Gasteiger partial charge in [-0.2, -0.15) is 0 Å². The Morgan fingerprint density at radius 2 is 1.86 bits per heavy atom. The number of aromatic nitrogens is 1. The number of hydrogen-bond donors (Lipinski definition) is 0. The van der Waals surface area contributed by atoms with Crippen molar-refractivity contribution >= 4 is 29.2 Å². The van der Waals surface area contributed by atoms with Crippen LogP contribution in [0.3, 0.4) is 0 Å². The molecule has 0 radical (unpaired) electrons. The van der Waals surface area contributed by atoms with E-state index in [1.807, 2.05) is 6.92 Å². The Kier molecular flexibility index (Phi) is 5.42. The van der Waals surface area contributed by atoms with Crippen LogP contribution in [-0.2, 0) is 11.3 Å². The summed E-state index contributed by atoms with van der Waals surface area (Å²) < 4.78 is 10.5. The average Bonchev–Trinajstić information content (AvgIpc) is 2.49. The Morgan fingerprint density at radius 3 is 2.52 bits per heavy atom. The molecule has 110 valence electrons. The van der Waals surface area contributed by atoms with Gasteiger partial charge in [0.15, 0.2) is 0 Å². The largest absolute Gasteiger partial charge is 0.494 e. The molecule has 0 atom stereocenters. The predicted molar refractivity (Wildman–Crippen MR) is 81.0 cm³/mol. The normalized spacial score (nSPS) is 10.2. The van der Waals surface area contributed by atoms with E-state index in [-0.39, 0.29) is 6.61 Å². The van der Waals surface area contributed by atoms with Crippen LogP contribution in [0.15, 0.2) is 36.4 Å². The van der Waals surface area contributed by atoms with Crippen molar-refractivity contribution < 1.29 is 14.3 Å². The molecule has 0 saturated heterocycles. The van der Waals surface area contributed by atoms with Crippen LogP contribution < -0.4 is 4.74 Å². The first kappa shape index (κ1) is 15.6. The van der Waals surface area contributed by atoms with E-state index in [4.69, 9.17) is 32.7 Å². The van der Waals surface area contributed by atoms with Crippen molar-refractivity contribution in [3.8, 4) is 5.75 Å². The van der Waals surface area contributed by atoms with Crippen LogP contribution in [0.1, 0.15) is 23.0 Å². The number of benzene rings is 1. The maximum atomic E-state index is 11.9. The molecule has 4 nitrogen and oxygen atoms in total. The van der Waals surface area contributed by atoms with E-state index in [9.17, 15) is 4.79 Å². The second kappa shape index (κ2) is 7.29. The van der Waals surface area contributed by atoms with Crippen molar-refractivity contribution in [1.82, 2.24) is 4.98 Å². The minimum absolute atomic E-state index is 0.0363. The summed E-state index contributed by atoms with van der Waals surface area (Å²) in [6, 6.07) is 9.88. The highest BCUT2D eigenvalue weighted by Gasteiger charge is 2.10. The van der Waals surface area contributed by atoms with Crippen LogP contribution in [0.5, 0.6) is 5.75 Å². The highest BCUT2D eigenvalue weighted by atomic mass is 35.5. The molecule has 0 aliphatic heterocycles. The van der Waals surface area contributed by atoms with E-state index in [0.29, 0.717) is 33.8 Å². The molecule has 6 heteroatoms. The van der Waals surface area contributed by atoms with Crippen LogP contribution in [0, 0.1) is 0 Å². The molecule has 0 spiro atoms. The third-order valence-electron chi connectivity index (χ3n) is 2.63. The highest BCUT2D eigenvalue weighted by molar-refractivity contribution is 6.32. The van der Waals surface area contributed by atoms with Gasteiger partial charge in [-0.1, -0.05) is 23.2 Å². The summed E-state index contributed by atoms with van der Waals surface area (Å²) in [4.78, 5) is 15.9. The van der Waals surface area contributed by atoms with E-state index >= 15 is 0 Å². The van der Waals surface area contributed by atoms with Gasteiger partial charge >= 0.3 is 5.97 Å². The van der Waals surface area contributed by atoms with Crippen molar-refractivity contribution in [1.29, 1.82) is 0 Å². The second-order valence-corrected chi connectivity index (χ2v) is 4.89. The molecule has 0 aliphatic carbocycles. The van der Waals surface area contributed by atoms with Gasteiger partial charge < -0.3 is 9.47 Å². The summed E-state index contributed by atoms with van der Waals surface area (Å²) in [5, 5.41) is 0.699. The van der Waals surface area contributed by atoms with Gasteiger partial charge in [-0.05, 0) is 43.3 Å². The molecular weight excluding hydrogens is 313 g/mol. The van der Waals surface area contributed by atoms with Crippen LogP contribution in [0.2, 0.25) is 10.2 Å². The SMILES string of the molecule is CCOc1ccc(C(=O)OCc2nc(Cl)ccc2Cl)cc1. The van der Waals surface area contributed by atoms with Crippen molar-refractivity contribution in [3.63, 3.8) is 0 Å². The van der Waals surface area contributed by atoms with Gasteiger partial charge in [0, 0.05) is 0 Å². The lowest BCUT2D eigenvalue weighted by Crippen LogP contribution is -2.06. The van der Waals surface area contributed by atoms with Crippen LogP contribution in [0.25, 0.3) is 0 Å². The first-order valence-corrected chi connectivity index (χ1v) is 7.06. The number of nitrogens with zero attached hydrogens (tertiary/aromatic N) is 1. The molecule has 0 saturated carbocycles. The zero-order chi connectivity index (χ0) is 15.2. The highest BCUT2D eigenvalue weighted by Crippen LogP contribution is 2.18. The monoisotopic (exact) mass is 325 g/mol. The van der Waals surface area contributed by atoms with E-state index in [1.54, 1.807) is 36.4 Å². The summed E-state index contributed by atoms with van der Waals surface area (Å²) in [5.74, 6) is 0.240. The molecule has 0 N–H and O–H groups in total. The quantitative estimate of drug-likeness (QED) is 0.612. The summed E-state index contributed by atoms with van der Waals surface area (Å²) in [6.45, 7) is 2.43. The molecule has 1 aromatic heterocycles. The Bertz CT molecular complexity index is 629. The fourth-order valence-electron chi connectivity index (χ4n) is 1.63. The second-order valence-electron chi connectivity index (χ2n) is 4.10. The number of ether oxygens (including phenoxy) is 2. The van der Waals surface area contributed by atoms with E-state index < -0.39 is 5.97 Å². The van der Waals surface area contributed by atoms with Crippen LogP contribution >= 0.6 is 23.2 Å². The van der Waals surface area contributed by atoms with Gasteiger partial charge in [0.2, 0.25) is 0 Å². The minimum Gasteiger partial charge on any atom is -0.494 e. The zero-order valence-corrected chi connectivity index (χ0v) is 12.8. The molecule has 0 aliphatic rings. The van der Waals surface area contributed by atoms with Gasteiger partial charge in [0.25, 0.3) is 0 Å². The predicted octanol–water partition coefficient (Wildman–Crippen LogP) is 4.14. The van der Waals surface area contributed by atoms with Gasteiger partial charge in [0.05, 0.1) is 22.9 Å². The first-order chi connectivity index (χ1) is 10.1. The average molecular weight is 326 g/mol. The van der Waals surface area contributed by atoms with Gasteiger partial charge in [0.1, 0.15) is 17.5 Å². The molecule has 0 bridgehead atoms. The van der Waals surface area contributed by atoms with E-state index in [2.05, 4.69) is 4.98 Å². The Morgan fingerprint density at radius 1 is 1.14 bits per heavy atom. The zero-order valence-electron chi connectivity index (χ0n) is 11.3. The summed E-state index contributed by atoms with van der Waals surface area (Å²) >= 11 is 11.7. The Hall–Kier alpha value is -1.78. The van der Waals surface area contributed by atoms with E-state index in [1.165, 1.54) is 0 Å². The molecule has 0 unspecified atom stereocenters. The number of pyridine rings is 1. The van der Waals surface area contributed by atoms with Crippen LogP contribution in [-0.4, -0.2) is 17.6 Å². The lowest BCUT2D eigenvalue weighted by atomic mass is 10.2. The minimum atomic E-state index is -0.462. The Balaban J connectivity index is 1.99. The molecular formula is C15H13Cl2NO3. The van der Waals surface area contributed by atoms with Gasteiger partial charge in [-0.25, -0.2) is 9.78 Å². The van der Waals surface area contributed by atoms with Gasteiger partial charge in [-0.3, -0.25) is 0 Å². The molecule has 21 heavy (non-hydrogen) atoms. The number of carbonyl (C=O) groups excluding carboxylic acids is 1. The number of hydrogen-bond acceptors (Lipinski definition) is 4. The molecule has 2 rings (SSSR count).